The van der Waals surface area contributed by atoms with E-state index in [9.17, 15) is 14.7 Å². The molecule has 1 heterocycles. The van der Waals surface area contributed by atoms with Gasteiger partial charge in [-0.15, -0.1) is 0 Å². The van der Waals surface area contributed by atoms with Crippen LogP contribution in [0.2, 0.25) is 5.02 Å². The third-order valence-corrected chi connectivity index (χ3v) is 9.57. The number of hydrogen-bond acceptors (Lipinski definition) is 5. The lowest BCUT2D eigenvalue weighted by molar-refractivity contribution is -0.0563. The SMILES string of the molecule is CCCCc1cc(CNC)ccc1C(=O)N1CCC[C@@H]([C@@](O)(CCCNC(=O)OC)c2cccc(Cl)c2-c2cccc(CC)c2)C1. The summed E-state index contributed by atoms with van der Waals surface area (Å²) in [5.41, 5.74) is 5.40. The highest BCUT2D eigenvalue weighted by Crippen LogP contribution is 2.46. The van der Waals surface area contributed by atoms with E-state index in [1.807, 2.05) is 54.4 Å². The molecule has 0 spiro atoms. The van der Waals surface area contributed by atoms with Crippen molar-refractivity contribution in [2.75, 3.05) is 33.8 Å². The van der Waals surface area contributed by atoms with Crippen molar-refractivity contribution in [2.45, 2.75) is 77.4 Å². The van der Waals surface area contributed by atoms with E-state index in [0.29, 0.717) is 37.5 Å². The van der Waals surface area contributed by atoms with Gasteiger partial charge in [0.25, 0.3) is 5.91 Å². The third kappa shape index (κ3) is 8.49. The quantitative estimate of drug-likeness (QED) is 0.158. The number of nitrogens with zero attached hydrogens (tertiary/aromatic N) is 1. The summed E-state index contributed by atoms with van der Waals surface area (Å²) in [5, 5.41) is 19.4. The highest BCUT2D eigenvalue weighted by atomic mass is 35.5. The summed E-state index contributed by atoms with van der Waals surface area (Å²) in [6, 6.07) is 20.2. The molecule has 3 aromatic carbocycles. The van der Waals surface area contributed by atoms with Crippen molar-refractivity contribution in [1.29, 1.82) is 0 Å². The number of amides is 2. The molecule has 2 atom stereocenters. The van der Waals surface area contributed by atoms with E-state index in [1.165, 1.54) is 12.7 Å². The number of carbonyl (C=O) groups excluding carboxylic acids is 2. The van der Waals surface area contributed by atoms with E-state index in [-0.39, 0.29) is 11.8 Å². The highest BCUT2D eigenvalue weighted by molar-refractivity contribution is 6.33. The van der Waals surface area contributed by atoms with Gasteiger partial charge in [-0.1, -0.05) is 80.4 Å². The zero-order chi connectivity index (χ0) is 33.1. The molecule has 0 unspecified atom stereocenters. The van der Waals surface area contributed by atoms with Crippen LogP contribution in [-0.4, -0.2) is 55.8 Å². The van der Waals surface area contributed by atoms with Gasteiger partial charge in [-0.25, -0.2) is 4.79 Å². The fourth-order valence-electron chi connectivity index (χ4n) is 6.77. The first kappa shape index (κ1) is 35.5. The van der Waals surface area contributed by atoms with E-state index < -0.39 is 11.7 Å². The van der Waals surface area contributed by atoms with Gasteiger partial charge in [0.1, 0.15) is 0 Å². The van der Waals surface area contributed by atoms with Crippen LogP contribution in [0.25, 0.3) is 11.1 Å². The van der Waals surface area contributed by atoms with Crippen molar-refractivity contribution in [3.05, 3.63) is 93.5 Å². The Labute approximate surface area is 279 Å². The minimum atomic E-state index is -1.30. The van der Waals surface area contributed by atoms with Gasteiger partial charge in [0, 0.05) is 48.2 Å². The highest BCUT2D eigenvalue weighted by Gasteiger charge is 2.43. The zero-order valence-electron chi connectivity index (χ0n) is 27.8. The first-order valence-electron chi connectivity index (χ1n) is 16.7. The van der Waals surface area contributed by atoms with Gasteiger partial charge in [0.05, 0.1) is 12.7 Å². The molecule has 7 nitrogen and oxygen atoms in total. The number of rotatable bonds is 14. The number of benzene rings is 3. The van der Waals surface area contributed by atoms with Crippen molar-refractivity contribution in [3.63, 3.8) is 0 Å². The number of nitrogens with one attached hydrogen (secondary N) is 2. The number of carbonyl (C=O) groups is 2. The van der Waals surface area contributed by atoms with E-state index in [1.54, 1.807) is 0 Å². The Hall–Kier alpha value is -3.39. The number of halogens is 1. The summed E-state index contributed by atoms with van der Waals surface area (Å²) >= 11 is 6.93. The van der Waals surface area contributed by atoms with Gasteiger partial charge in [-0.2, -0.15) is 0 Å². The van der Waals surface area contributed by atoms with Gasteiger partial charge in [0.2, 0.25) is 0 Å². The lowest BCUT2D eigenvalue weighted by Gasteiger charge is -2.44. The molecule has 248 valence electrons. The molecule has 3 aromatic rings. The Morgan fingerprint density at radius 2 is 1.87 bits per heavy atom. The van der Waals surface area contributed by atoms with Crippen LogP contribution < -0.4 is 10.6 Å². The van der Waals surface area contributed by atoms with E-state index in [2.05, 4.69) is 42.7 Å². The second-order valence-corrected chi connectivity index (χ2v) is 12.8. The molecule has 1 aliphatic heterocycles. The molecule has 1 fully saturated rings. The molecule has 0 radical (unpaired) electrons. The second-order valence-electron chi connectivity index (χ2n) is 12.4. The number of aliphatic hydroxyl groups is 1. The number of likely N-dealkylation sites (tertiary alicyclic amines) is 1. The van der Waals surface area contributed by atoms with Crippen LogP contribution in [0.1, 0.15) is 85.0 Å². The smallest absolute Gasteiger partial charge is 0.406 e. The number of alkyl carbamates (subject to hydrolysis) is 1. The Morgan fingerprint density at radius 1 is 1.07 bits per heavy atom. The standard InChI is InChI=1S/C38H50ClN3O4/c1-5-7-13-29-24-28(25-40-3)18-19-32(29)36(43)42-22-10-15-31(26-42)38(45,20-11-21-41-37(44)46-4)33-16-9-17-34(39)35(33)30-14-8-12-27(6-2)23-30/h8-9,12,14,16-19,23-24,31,40,45H,5-7,10-11,13,15,20-22,25-26H2,1-4H3,(H,41,44)/t31-,38+/m1/s1. The summed E-state index contributed by atoms with van der Waals surface area (Å²) in [5.74, 6) is -0.221. The first-order chi connectivity index (χ1) is 22.2. The molecular weight excluding hydrogens is 598 g/mol. The monoisotopic (exact) mass is 647 g/mol. The van der Waals surface area contributed by atoms with Crippen molar-refractivity contribution in [2.24, 2.45) is 5.92 Å². The number of hydrogen-bond donors (Lipinski definition) is 3. The summed E-state index contributed by atoms with van der Waals surface area (Å²) in [7, 11) is 3.26. The van der Waals surface area contributed by atoms with Gasteiger partial charge in [-0.3, -0.25) is 4.79 Å². The lowest BCUT2D eigenvalue weighted by Crippen LogP contribution is -2.48. The molecule has 2 amide bonds. The van der Waals surface area contributed by atoms with Crippen LogP contribution in [0.4, 0.5) is 4.79 Å². The molecule has 0 saturated carbocycles. The molecule has 4 rings (SSSR count). The third-order valence-electron chi connectivity index (χ3n) is 9.26. The van der Waals surface area contributed by atoms with Crippen LogP contribution in [0.15, 0.2) is 60.7 Å². The van der Waals surface area contributed by atoms with Crippen LogP contribution in [0.3, 0.4) is 0 Å². The molecule has 0 aliphatic carbocycles. The number of ether oxygens (including phenoxy) is 1. The molecule has 3 N–H and O–H groups in total. The number of methoxy groups -OCH3 is 1. The van der Waals surface area contributed by atoms with Crippen molar-refractivity contribution in [3.8, 4) is 11.1 Å². The van der Waals surface area contributed by atoms with Gasteiger partial charge < -0.3 is 25.4 Å². The normalized spacial score (nSPS) is 16.1. The van der Waals surface area contributed by atoms with Crippen LogP contribution in [-0.2, 0) is 29.7 Å². The molecule has 0 aromatic heterocycles. The maximum Gasteiger partial charge on any atom is 0.406 e. The van der Waals surface area contributed by atoms with Crippen LogP contribution in [0.5, 0.6) is 0 Å². The molecular formula is C38H50ClN3O4. The first-order valence-corrected chi connectivity index (χ1v) is 17.1. The Kier molecular flexibility index (Phi) is 13.1. The Bertz CT molecular complexity index is 1480. The lowest BCUT2D eigenvalue weighted by atomic mass is 9.72. The van der Waals surface area contributed by atoms with Gasteiger partial charge in [-0.05, 0) is 91.9 Å². The van der Waals surface area contributed by atoms with Crippen molar-refractivity contribution in [1.82, 2.24) is 15.5 Å². The molecule has 1 saturated heterocycles. The largest absolute Gasteiger partial charge is 0.453 e. The number of unbranched alkanes of at least 4 members (excludes halogenated alkanes) is 1. The summed E-state index contributed by atoms with van der Waals surface area (Å²) < 4.78 is 4.76. The van der Waals surface area contributed by atoms with Gasteiger partial charge in [0.15, 0.2) is 0 Å². The average molecular weight is 648 g/mol. The van der Waals surface area contributed by atoms with Crippen LogP contribution >= 0.6 is 11.6 Å². The fraction of sp³-hybridized carbons (Fsp3) is 0.474. The Morgan fingerprint density at radius 3 is 2.61 bits per heavy atom. The molecule has 0 bridgehead atoms. The molecule has 8 heteroatoms. The zero-order valence-corrected chi connectivity index (χ0v) is 28.6. The number of piperidine rings is 1. The predicted molar refractivity (Wildman–Crippen MR) is 186 cm³/mol. The van der Waals surface area contributed by atoms with Gasteiger partial charge >= 0.3 is 6.09 Å². The minimum absolute atomic E-state index is 0.0171. The maximum absolute atomic E-state index is 14.2. The van der Waals surface area contributed by atoms with Crippen molar-refractivity contribution < 1.29 is 19.4 Å². The number of aryl methyl sites for hydroxylation is 2. The Balaban J connectivity index is 1.71. The average Bonchev–Trinajstić information content (AvgIpc) is 3.08. The molecule has 1 aliphatic rings. The minimum Gasteiger partial charge on any atom is -0.453 e. The predicted octanol–water partition coefficient (Wildman–Crippen LogP) is 7.51. The van der Waals surface area contributed by atoms with E-state index in [0.717, 1.165) is 78.5 Å². The topological polar surface area (TPSA) is 90.9 Å². The summed E-state index contributed by atoms with van der Waals surface area (Å²) in [6.45, 7) is 6.45. The van der Waals surface area contributed by atoms with E-state index in [4.69, 9.17) is 16.3 Å². The van der Waals surface area contributed by atoms with E-state index >= 15 is 0 Å². The van der Waals surface area contributed by atoms with Crippen LogP contribution in [0, 0.1) is 5.92 Å². The van der Waals surface area contributed by atoms with Crippen molar-refractivity contribution >= 4 is 23.6 Å². The summed E-state index contributed by atoms with van der Waals surface area (Å²) in [4.78, 5) is 27.9. The fourth-order valence-corrected chi connectivity index (χ4v) is 7.05. The molecule has 46 heavy (non-hydrogen) atoms. The summed E-state index contributed by atoms with van der Waals surface area (Å²) in [6.07, 6.45) is 5.74. The maximum atomic E-state index is 14.2. The second kappa shape index (κ2) is 17.0.